The predicted octanol–water partition coefficient (Wildman–Crippen LogP) is 1.87. The van der Waals surface area contributed by atoms with Crippen molar-refractivity contribution in [1.29, 1.82) is 5.26 Å². The third-order valence-electron chi connectivity index (χ3n) is 7.78. The fraction of sp³-hybridized carbons (Fsp3) is 0.889. The Hall–Kier alpha value is -0.920. The lowest BCUT2D eigenvalue weighted by molar-refractivity contribution is -0.189. The van der Waals surface area contributed by atoms with Gasteiger partial charge < -0.3 is 5.11 Å². The lowest BCUT2D eigenvalue weighted by atomic mass is 9.50. The van der Waals surface area contributed by atoms with Crippen molar-refractivity contribution in [1.82, 2.24) is 4.90 Å². The van der Waals surface area contributed by atoms with Crippen LogP contribution in [0, 0.1) is 35.0 Å². The fourth-order valence-corrected chi connectivity index (χ4v) is 7.27. The molecule has 6 aliphatic rings. The number of ketones is 1. The average molecular weight is 300 g/mol. The molecule has 118 valence electrons. The summed E-state index contributed by atoms with van der Waals surface area (Å²) < 4.78 is 0. The minimum absolute atomic E-state index is 0.173. The van der Waals surface area contributed by atoms with Crippen molar-refractivity contribution in [3.05, 3.63) is 0 Å². The van der Waals surface area contributed by atoms with E-state index in [4.69, 9.17) is 0 Å². The highest BCUT2D eigenvalue weighted by Crippen LogP contribution is 2.67. The molecule has 1 N–H and O–H groups in total. The molecule has 4 heteroatoms. The number of rotatable bonds is 2. The summed E-state index contributed by atoms with van der Waals surface area (Å²) in [4.78, 5) is 14.7. The lowest BCUT2D eigenvalue weighted by Gasteiger charge is -2.64. The van der Waals surface area contributed by atoms with Crippen LogP contribution in [0.4, 0.5) is 0 Å². The highest BCUT2D eigenvalue weighted by Gasteiger charge is 2.75. The Morgan fingerprint density at radius 3 is 2.45 bits per heavy atom. The largest absolute Gasteiger partial charge is 0.391 e. The Balaban J connectivity index is 1.62. The molecule has 0 aromatic heterocycles. The number of hydrogen-bond acceptors (Lipinski definition) is 4. The van der Waals surface area contributed by atoms with Gasteiger partial charge in [-0.3, -0.25) is 9.69 Å². The number of nitrogens with zero attached hydrogens (tertiary/aromatic N) is 2. The topological polar surface area (TPSA) is 64.3 Å². The van der Waals surface area contributed by atoms with Crippen LogP contribution in [0.5, 0.6) is 0 Å². The van der Waals surface area contributed by atoms with Crippen LogP contribution in [0.25, 0.3) is 0 Å². The maximum Gasteiger partial charge on any atom is 0.150 e. The lowest BCUT2D eigenvalue weighted by Crippen LogP contribution is -2.72. The standard InChI is InChI=1S/C18H24N2O2/c1-10(21)18-8-14(18)5-15(9-19)20(18)17-6-11-2-12(7-17)4-13(3-11)16(17)22/h11-16,22H,2-8H2,1H3. The van der Waals surface area contributed by atoms with Gasteiger partial charge in [0.1, 0.15) is 5.78 Å². The third-order valence-corrected chi connectivity index (χ3v) is 7.78. The van der Waals surface area contributed by atoms with Crippen LogP contribution in [0.15, 0.2) is 0 Å². The maximum atomic E-state index is 12.4. The first-order chi connectivity index (χ1) is 10.5. The van der Waals surface area contributed by atoms with Crippen molar-refractivity contribution in [2.45, 2.75) is 75.1 Å². The number of carbonyl (C=O) groups is 1. The van der Waals surface area contributed by atoms with Gasteiger partial charge in [-0.1, -0.05) is 0 Å². The molecule has 0 radical (unpaired) electrons. The van der Waals surface area contributed by atoms with Crippen LogP contribution in [-0.2, 0) is 4.79 Å². The van der Waals surface area contributed by atoms with Crippen LogP contribution < -0.4 is 0 Å². The molecule has 5 saturated carbocycles. The first-order valence-corrected chi connectivity index (χ1v) is 8.89. The summed E-state index contributed by atoms with van der Waals surface area (Å²) >= 11 is 0. The van der Waals surface area contributed by atoms with Gasteiger partial charge in [-0.2, -0.15) is 5.26 Å². The maximum absolute atomic E-state index is 12.4. The zero-order chi connectivity index (χ0) is 15.3. The first-order valence-electron chi connectivity index (χ1n) is 8.89. The summed E-state index contributed by atoms with van der Waals surface area (Å²) in [5, 5.41) is 20.8. The molecule has 5 aliphatic carbocycles. The minimum atomic E-state index is -0.410. The summed E-state index contributed by atoms with van der Waals surface area (Å²) in [5.41, 5.74) is -0.695. The second kappa shape index (κ2) is 3.94. The van der Waals surface area contributed by atoms with Crippen LogP contribution in [0.3, 0.4) is 0 Å². The van der Waals surface area contributed by atoms with Crippen molar-refractivity contribution >= 4 is 5.78 Å². The van der Waals surface area contributed by atoms with E-state index in [0.29, 0.717) is 23.7 Å². The molecule has 0 amide bonds. The minimum Gasteiger partial charge on any atom is -0.391 e. The van der Waals surface area contributed by atoms with Gasteiger partial charge in [0.05, 0.1) is 23.8 Å². The van der Waals surface area contributed by atoms with E-state index in [9.17, 15) is 15.2 Å². The van der Waals surface area contributed by atoms with Crippen molar-refractivity contribution in [3.8, 4) is 6.07 Å². The molecule has 1 saturated heterocycles. The Labute approximate surface area is 131 Å². The molecule has 22 heavy (non-hydrogen) atoms. The van der Waals surface area contributed by atoms with Gasteiger partial charge in [0, 0.05) is 5.54 Å². The molecule has 1 heterocycles. The van der Waals surface area contributed by atoms with Crippen LogP contribution in [0.2, 0.25) is 0 Å². The van der Waals surface area contributed by atoms with Gasteiger partial charge in [-0.15, -0.1) is 0 Å². The molecular formula is C18H24N2O2. The number of hydrogen-bond donors (Lipinski definition) is 1. The second-order valence-corrected chi connectivity index (χ2v) is 8.79. The Morgan fingerprint density at radius 1 is 1.18 bits per heavy atom. The molecule has 0 spiro atoms. The monoisotopic (exact) mass is 300 g/mol. The van der Waals surface area contributed by atoms with Crippen LogP contribution in [0.1, 0.15) is 51.9 Å². The molecule has 6 fully saturated rings. The number of carbonyl (C=O) groups excluding carboxylic acids is 1. The number of piperidine rings is 1. The Bertz CT molecular complexity index is 582. The van der Waals surface area contributed by atoms with E-state index in [1.807, 2.05) is 0 Å². The summed E-state index contributed by atoms with van der Waals surface area (Å²) in [6.45, 7) is 1.69. The molecule has 6 rings (SSSR count). The molecular weight excluding hydrogens is 276 g/mol. The highest BCUT2D eigenvalue weighted by atomic mass is 16.3. The average Bonchev–Trinajstić information content (AvgIpc) is 3.09. The summed E-state index contributed by atoms with van der Waals surface area (Å²) in [7, 11) is 0. The van der Waals surface area contributed by atoms with Crippen molar-refractivity contribution in [2.24, 2.45) is 23.7 Å². The van der Waals surface area contributed by atoms with Gasteiger partial charge >= 0.3 is 0 Å². The zero-order valence-corrected chi connectivity index (χ0v) is 13.2. The number of aliphatic hydroxyl groups is 1. The molecule has 4 nitrogen and oxygen atoms in total. The van der Waals surface area contributed by atoms with E-state index in [1.165, 1.54) is 6.42 Å². The fourth-order valence-electron chi connectivity index (χ4n) is 7.27. The van der Waals surface area contributed by atoms with Crippen molar-refractivity contribution in [2.75, 3.05) is 0 Å². The second-order valence-electron chi connectivity index (χ2n) is 8.79. The number of Topliss-reactive ketones (excluding diaryl/α,β-unsaturated/α-hetero) is 1. The summed E-state index contributed by atoms with van der Waals surface area (Å²) in [6.07, 6.45) is 7.00. The van der Waals surface area contributed by atoms with E-state index in [-0.39, 0.29) is 23.5 Å². The summed E-state index contributed by atoms with van der Waals surface area (Å²) in [5.74, 6) is 2.37. The smallest absolute Gasteiger partial charge is 0.150 e. The number of likely N-dealkylation sites (tertiary alicyclic amines) is 1. The van der Waals surface area contributed by atoms with Crippen LogP contribution in [-0.4, -0.2) is 39.0 Å². The molecule has 6 unspecified atom stereocenters. The normalized spacial score (nSPS) is 58.4. The summed E-state index contributed by atoms with van der Waals surface area (Å²) in [6, 6.07) is 2.29. The van der Waals surface area contributed by atoms with Crippen molar-refractivity contribution in [3.63, 3.8) is 0 Å². The SMILES string of the molecule is CC(=O)C12CC1CC(C#N)N2C12CC3CC(CC(C3)C1O)C2. The molecule has 4 bridgehead atoms. The molecule has 0 aromatic carbocycles. The number of nitriles is 1. The van der Waals surface area contributed by atoms with Gasteiger partial charge in [-0.25, -0.2) is 0 Å². The molecule has 1 aliphatic heterocycles. The van der Waals surface area contributed by atoms with Gasteiger partial charge in [0.15, 0.2) is 0 Å². The Kier molecular flexibility index (Phi) is 2.42. The zero-order valence-electron chi connectivity index (χ0n) is 13.2. The van der Waals surface area contributed by atoms with Gasteiger partial charge in [0.2, 0.25) is 0 Å². The predicted molar refractivity (Wildman–Crippen MR) is 79.7 cm³/mol. The molecule has 6 atom stereocenters. The number of aliphatic hydroxyl groups excluding tert-OH is 1. The van der Waals surface area contributed by atoms with E-state index in [2.05, 4.69) is 11.0 Å². The molecule has 0 aromatic rings. The van der Waals surface area contributed by atoms with Crippen LogP contribution >= 0.6 is 0 Å². The van der Waals surface area contributed by atoms with Gasteiger partial charge in [-0.05, 0) is 75.5 Å². The van der Waals surface area contributed by atoms with E-state index >= 15 is 0 Å². The van der Waals surface area contributed by atoms with Crippen molar-refractivity contribution < 1.29 is 9.90 Å². The quantitative estimate of drug-likeness (QED) is 0.845. The number of fused-ring (bicyclic) bond motifs is 1. The van der Waals surface area contributed by atoms with E-state index < -0.39 is 5.54 Å². The van der Waals surface area contributed by atoms with Gasteiger partial charge in [0.25, 0.3) is 0 Å². The highest BCUT2D eigenvalue weighted by molar-refractivity contribution is 5.91. The van der Waals surface area contributed by atoms with E-state index in [0.717, 1.165) is 38.5 Å². The first kappa shape index (κ1) is 13.5. The third kappa shape index (κ3) is 1.35. The van der Waals surface area contributed by atoms with E-state index in [1.54, 1.807) is 6.92 Å². The Morgan fingerprint density at radius 2 is 1.86 bits per heavy atom.